The molecule has 0 fully saturated rings. The number of amides is 2. The van der Waals surface area contributed by atoms with Gasteiger partial charge < -0.3 is 23.8 Å². The van der Waals surface area contributed by atoms with E-state index in [2.05, 4.69) is 0 Å². The summed E-state index contributed by atoms with van der Waals surface area (Å²) < 4.78 is 12.3. The fraction of sp³-hybridized carbons (Fsp3) is 0.381. The summed E-state index contributed by atoms with van der Waals surface area (Å²) in [7, 11) is 8.09. The number of carbonyl (C=O) groups is 2. The number of pyridine rings is 1. The third-order valence-electron chi connectivity index (χ3n) is 5.20. The number of urea groups is 1. The molecule has 1 aliphatic rings. The molecule has 1 aromatic carbocycles. The maximum Gasteiger partial charge on any atom is 0.319 e. The van der Waals surface area contributed by atoms with Gasteiger partial charge in [-0.15, -0.1) is 0 Å². The summed E-state index contributed by atoms with van der Waals surface area (Å²) in [6.45, 7) is 0.817. The SMILES string of the molecule is COc1cc(-c2cn(C)c(=O)c3c2CN(C(=O)N(C)C)CC3)cc(OC)c1C=O. The molecule has 8 nitrogen and oxygen atoms in total. The predicted octanol–water partition coefficient (Wildman–Crippen LogP) is 1.92. The summed E-state index contributed by atoms with van der Waals surface area (Å²) in [4.78, 5) is 39.9. The summed E-state index contributed by atoms with van der Waals surface area (Å²) >= 11 is 0. The summed E-state index contributed by atoms with van der Waals surface area (Å²) in [6.07, 6.45) is 2.92. The van der Waals surface area contributed by atoms with Gasteiger partial charge in [-0.05, 0) is 29.7 Å². The number of aryl methyl sites for hydroxylation is 1. The highest BCUT2D eigenvalue weighted by Gasteiger charge is 2.27. The second kappa shape index (κ2) is 7.98. The zero-order valence-electron chi connectivity index (χ0n) is 17.3. The van der Waals surface area contributed by atoms with Crippen LogP contribution in [0.5, 0.6) is 11.5 Å². The number of fused-ring (bicyclic) bond motifs is 1. The van der Waals surface area contributed by atoms with Crippen molar-refractivity contribution in [2.75, 3.05) is 34.9 Å². The number of hydrogen-bond donors (Lipinski definition) is 0. The Balaban J connectivity index is 2.22. The number of aldehydes is 1. The van der Waals surface area contributed by atoms with Gasteiger partial charge in [0.2, 0.25) is 0 Å². The highest BCUT2D eigenvalue weighted by molar-refractivity contribution is 5.87. The molecule has 2 heterocycles. The molecule has 0 saturated carbocycles. The number of methoxy groups -OCH3 is 2. The lowest BCUT2D eigenvalue weighted by atomic mass is 9.92. The van der Waals surface area contributed by atoms with Gasteiger partial charge in [0.05, 0.1) is 19.8 Å². The highest BCUT2D eigenvalue weighted by atomic mass is 16.5. The Hall–Kier alpha value is -3.29. The lowest BCUT2D eigenvalue weighted by molar-refractivity contribution is 0.111. The van der Waals surface area contributed by atoms with Crippen LogP contribution >= 0.6 is 0 Å². The Labute approximate surface area is 169 Å². The van der Waals surface area contributed by atoms with E-state index in [9.17, 15) is 14.4 Å². The van der Waals surface area contributed by atoms with Crippen molar-refractivity contribution in [3.05, 3.63) is 45.4 Å². The smallest absolute Gasteiger partial charge is 0.319 e. The minimum absolute atomic E-state index is 0.0656. The predicted molar refractivity (Wildman–Crippen MR) is 109 cm³/mol. The van der Waals surface area contributed by atoms with Crippen LogP contribution in [0.1, 0.15) is 21.5 Å². The van der Waals surface area contributed by atoms with Gasteiger partial charge in [0.15, 0.2) is 6.29 Å². The van der Waals surface area contributed by atoms with Gasteiger partial charge in [-0.25, -0.2) is 4.79 Å². The number of carbonyl (C=O) groups excluding carboxylic acids is 2. The Morgan fingerprint density at radius 2 is 1.76 bits per heavy atom. The third-order valence-corrected chi connectivity index (χ3v) is 5.20. The van der Waals surface area contributed by atoms with Crippen LogP contribution in [0.15, 0.2) is 23.1 Å². The average Bonchev–Trinajstić information content (AvgIpc) is 2.73. The Morgan fingerprint density at radius 1 is 1.14 bits per heavy atom. The van der Waals surface area contributed by atoms with Gasteiger partial charge in [0, 0.05) is 51.6 Å². The van der Waals surface area contributed by atoms with E-state index < -0.39 is 0 Å². The van der Waals surface area contributed by atoms with Crippen molar-refractivity contribution in [1.82, 2.24) is 14.4 Å². The summed E-state index contributed by atoms with van der Waals surface area (Å²) in [5, 5.41) is 0. The number of benzene rings is 1. The van der Waals surface area contributed by atoms with Gasteiger partial charge in [-0.3, -0.25) is 9.59 Å². The summed E-state index contributed by atoms with van der Waals surface area (Å²) in [5.41, 5.74) is 3.30. The normalized spacial score (nSPS) is 12.9. The molecule has 0 N–H and O–H groups in total. The maximum atomic E-state index is 12.7. The van der Waals surface area contributed by atoms with Crippen molar-refractivity contribution >= 4 is 12.3 Å². The Bertz CT molecular complexity index is 1000. The maximum absolute atomic E-state index is 12.7. The molecule has 3 rings (SSSR count). The lowest BCUT2D eigenvalue weighted by Gasteiger charge is -2.32. The van der Waals surface area contributed by atoms with E-state index >= 15 is 0 Å². The molecule has 0 saturated heterocycles. The first-order valence-electron chi connectivity index (χ1n) is 9.21. The van der Waals surface area contributed by atoms with E-state index in [4.69, 9.17) is 9.47 Å². The van der Waals surface area contributed by atoms with Crippen LogP contribution in [-0.2, 0) is 20.0 Å². The number of nitrogens with zero attached hydrogens (tertiary/aromatic N) is 3. The van der Waals surface area contributed by atoms with E-state index in [0.29, 0.717) is 48.4 Å². The van der Waals surface area contributed by atoms with E-state index in [1.807, 2.05) is 0 Å². The van der Waals surface area contributed by atoms with Crippen LogP contribution in [0, 0.1) is 0 Å². The van der Waals surface area contributed by atoms with Gasteiger partial charge in [-0.1, -0.05) is 0 Å². The molecular weight excluding hydrogens is 374 g/mol. The van der Waals surface area contributed by atoms with Gasteiger partial charge in [0.25, 0.3) is 5.56 Å². The van der Waals surface area contributed by atoms with Crippen molar-refractivity contribution in [2.45, 2.75) is 13.0 Å². The van der Waals surface area contributed by atoms with Gasteiger partial charge >= 0.3 is 6.03 Å². The average molecular weight is 399 g/mol. The Kier molecular flexibility index (Phi) is 5.63. The molecule has 0 spiro atoms. The topological polar surface area (TPSA) is 81.1 Å². The molecule has 0 atom stereocenters. The number of aromatic nitrogens is 1. The molecule has 0 bridgehead atoms. The van der Waals surface area contributed by atoms with Crippen LogP contribution in [0.25, 0.3) is 11.1 Å². The standard InChI is InChI=1S/C21H25N3O5/c1-22(2)21(27)24-7-6-14-16(11-24)15(10-23(3)20(14)26)13-8-18(28-4)17(12-25)19(9-13)29-5/h8-10,12H,6-7,11H2,1-5H3. The van der Waals surface area contributed by atoms with E-state index in [1.54, 1.807) is 48.9 Å². The molecule has 29 heavy (non-hydrogen) atoms. The van der Waals surface area contributed by atoms with Crippen LogP contribution in [0.4, 0.5) is 4.79 Å². The molecule has 0 aliphatic carbocycles. The van der Waals surface area contributed by atoms with Gasteiger partial charge in [0.1, 0.15) is 11.5 Å². The fourth-order valence-electron chi connectivity index (χ4n) is 3.70. The van der Waals surface area contributed by atoms with Crippen molar-refractivity contribution in [3.8, 4) is 22.6 Å². The highest BCUT2D eigenvalue weighted by Crippen LogP contribution is 2.36. The van der Waals surface area contributed by atoms with E-state index in [1.165, 1.54) is 19.1 Å². The Morgan fingerprint density at radius 3 is 2.28 bits per heavy atom. The second-order valence-corrected chi connectivity index (χ2v) is 7.18. The number of ether oxygens (including phenoxy) is 2. The minimum Gasteiger partial charge on any atom is -0.496 e. The summed E-state index contributed by atoms with van der Waals surface area (Å²) in [6, 6.07) is 3.40. The molecule has 1 aliphatic heterocycles. The van der Waals surface area contributed by atoms with Crippen molar-refractivity contribution in [2.24, 2.45) is 7.05 Å². The van der Waals surface area contributed by atoms with Gasteiger partial charge in [-0.2, -0.15) is 0 Å². The molecule has 0 radical (unpaired) electrons. The van der Waals surface area contributed by atoms with Crippen molar-refractivity contribution in [3.63, 3.8) is 0 Å². The molecule has 0 unspecified atom stereocenters. The number of hydrogen-bond acceptors (Lipinski definition) is 5. The third kappa shape index (κ3) is 3.57. The van der Waals surface area contributed by atoms with Crippen LogP contribution in [0.3, 0.4) is 0 Å². The molecule has 8 heteroatoms. The monoisotopic (exact) mass is 399 g/mol. The zero-order chi connectivity index (χ0) is 21.3. The molecular formula is C21H25N3O5. The van der Waals surface area contributed by atoms with E-state index in [-0.39, 0.29) is 11.6 Å². The number of rotatable bonds is 4. The fourth-order valence-corrected chi connectivity index (χ4v) is 3.70. The quantitative estimate of drug-likeness (QED) is 0.734. The first-order chi connectivity index (χ1) is 13.8. The molecule has 154 valence electrons. The van der Waals surface area contributed by atoms with E-state index in [0.717, 1.165) is 16.7 Å². The lowest BCUT2D eigenvalue weighted by Crippen LogP contribution is -2.44. The van der Waals surface area contributed by atoms with Crippen LogP contribution in [0.2, 0.25) is 0 Å². The van der Waals surface area contributed by atoms with Crippen molar-refractivity contribution < 1.29 is 19.1 Å². The first-order valence-corrected chi connectivity index (χ1v) is 9.21. The first kappa shape index (κ1) is 20.4. The zero-order valence-corrected chi connectivity index (χ0v) is 17.3. The second-order valence-electron chi connectivity index (χ2n) is 7.18. The minimum atomic E-state index is -0.103. The molecule has 2 aromatic rings. The van der Waals surface area contributed by atoms with Crippen molar-refractivity contribution in [1.29, 1.82) is 0 Å². The summed E-state index contributed by atoms with van der Waals surface area (Å²) in [5.74, 6) is 0.767. The molecule has 1 aromatic heterocycles. The molecule has 2 amide bonds. The van der Waals surface area contributed by atoms with Crippen LogP contribution in [-0.4, -0.2) is 61.5 Å². The van der Waals surface area contributed by atoms with Crippen LogP contribution < -0.4 is 15.0 Å². The largest absolute Gasteiger partial charge is 0.496 e.